The molecular formula is C12H14FN3O3. The quantitative estimate of drug-likeness (QED) is 0.596. The van der Waals surface area contributed by atoms with E-state index >= 15 is 0 Å². The van der Waals surface area contributed by atoms with Gasteiger partial charge in [-0.15, -0.1) is 0 Å². The van der Waals surface area contributed by atoms with E-state index in [1.807, 2.05) is 0 Å². The van der Waals surface area contributed by atoms with Gasteiger partial charge in [0, 0.05) is 18.0 Å². The number of aliphatic imine (C=N–C) groups is 1. The molecular weight excluding hydrogens is 253 g/mol. The minimum Gasteiger partial charge on any atom is -0.494 e. The predicted molar refractivity (Wildman–Crippen MR) is 67.5 cm³/mol. The molecule has 7 heteroatoms. The van der Waals surface area contributed by atoms with Gasteiger partial charge in [0.05, 0.1) is 13.7 Å². The number of methoxy groups -OCH3 is 1. The van der Waals surface area contributed by atoms with E-state index in [4.69, 9.17) is 4.74 Å². The third-order valence-electron chi connectivity index (χ3n) is 2.89. The topological polar surface area (TPSA) is 68.0 Å². The zero-order valence-electron chi connectivity index (χ0n) is 10.5. The molecule has 1 aliphatic heterocycles. The molecule has 0 N–H and O–H groups in total. The maximum absolute atomic E-state index is 13.5. The second kappa shape index (κ2) is 5.64. The maximum Gasteiger partial charge on any atom is 0.260 e. The van der Waals surface area contributed by atoms with Gasteiger partial charge < -0.3 is 9.64 Å². The number of nitro groups is 1. The number of benzene rings is 1. The van der Waals surface area contributed by atoms with E-state index in [1.165, 1.54) is 13.2 Å². The van der Waals surface area contributed by atoms with Crippen molar-refractivity contribution in [3.05, 3.63) is 39.7 Å². The lowest BCUT2D eigenvalue weighted by atomic mass is 10.2. The number of nitrogens with zero attached hydrogens (tertiary/aromatic N) is 3. The smallest absolute Gasteiger partial charge is 0.260 e. The first-order chi connectivity index (χ1) is 9.10. The molecule has 0 spiro atoms. The first kappa shape index (κ1) is 13.3. The van der Waals surface area contributed by atoms with Gasteiger partial charge >= 0.3 is 0 Å². The fourth-order valence-electron chi connectivity index (χ4n) is 1.99. The predicted octanol–water partition coefficient (Wildman–Crippen LogP) is 1.33. The molecule has 0 aromatic heterocycles. The van der Waals surface area contributed by atoms with E-state index in [1.54, 1.807) is 17.0 Å². The SMILES string of the molecule is COc1ccc(CN2CCN=C2C[N+](=O)[O-])cc1F. The molecule has 6 nitrogen and oxygen atoms in total. The Morgan fingerprint density at radius 3 is 3.00 bits per heavy atom. The van der Waals surface area contributed by atoms with Crippen LogP contribution in [0, 0.1) is 15.9 Å². The Labute approximate surface area is 109 Å². The van der Waals surface area contributed by atoms with Crippen LogP contribution < -0.4 is 4.74 Å². The standard InChI is InChI=1S/C12H14FN3O3/c1-19-11-3-2-9(6-10(11)13)7-15-5-4-14-12(15)8-16(17)18/h2-3,6H,4-5,7-8H2,1H3. The third-order valence-corrected chi connectivity index (χ3v) is 2.89. The van der Waals surface area contributed by atoms with E-state index in [0.717, 1.165) is 5.56 Å². The van der Waals surface area contributed by atoms with Gasteiger partial charge in [-0.1, -0.05) is 6.07 Å². The number of hydrogen-bond acceptors (Lipinski definition) is 5. The highest BCUT2D eigenvalue weighted by molar-refractivity contribution is 5.84. The Kier molecular flexibility index (Phi) is 3.94. The van der Waals surface area contributed by atoms with E-state index < -0.39 is 10.7 Å². The summed E-state index contributed by atoms with van der Waals surface area (Å²) in [4.78, 5) is 16.0. The van der Waals surface area contributed by atoms with Gasteiger partial charge in [-0.05, 0) is 17.7 Å². The van der Waals surface area contributed by atoms with Gasteiger partial charge in [0.2, 0.25) is 0 Å². The van der Waals surface area contributed by atoms with Crippen LogP contribution in [0.1, 0.15) is 5.56 Å². The van der Waals surface area contributed by atoms with Gasteiger partial charge in [-0.25, -0.2) is 4.39 Å². The van der Waals surface area contributed by atoms with E-state index in [2.05, 4.69) is 4.99 Å². The molecule has 0 unspecified atom stereocenters. The fourth-order valence-corrected chi connectivity index (χ4v) is 1.99. The molecule has 19 heavy (non-hydrogen) atoms. The zero-order chi connectivity index (χ0) is 13.8. The maximum atomic E-state index is 13.5. The van der Waals surface area contributed by atoms with Crippen molar-refractivity contribution in [1.82, 2.24) is 4.90 Å². The van der Waals surface area contributed by atoms with Gasteiger partial charge in [-0.2, -0.15) is 0 Å². The van der Waals surface area contributed by atoms with Crippen molar-refractivity contribution in [2.75, 3.05) is 26.7 Å². The van der Waals surface area contributed by atoms with Gasteiger partial charge in [0.1, 0.15) is 0 Å². The Hall–Kier alpha value is -2.18. The molecule has 0 amide bonds. The van der Waals surface area contributed by atoms with Crippen molar-refractivity contribution >= 4 is 5.84 Å². The summed E-state index contributed by atoms with van der Waals surface area (Å²) in [5.74, 6) is 0.192. The minimum absolute atomic E-state index is 0.185. The summed E-state index contributed by atoms with van der Waals surface area (Å²) < 4.78 is 18.4. The summed E-state index contributed by atoms with van der Waals surface area (Å²) in [5.41, 5.74) is 0.733. The van der Waals surface area contributed by atoms with Crippen LogP contribution in [0.5, 0.6) is 5.75 Å². The van der Waals surface area contributed by atoms with Crippen molar-refractivity contribution in [3.63, 3.8) is 0 Å². The summed E-state index contributed by atoms with van der Waals surface area (Å²) in [6, 6.07) is 4.66. The van der Waals surface area contributed by atoms with Crippen LogP contribution >= 0.6 is 0 Å². The molecule has 0 atom stereocenters. The second-order valence-electron chi connectivity index (χ2n) is 4.18. The largest absolute Gasteiger partial charge is 0.494 e. The zero-order valence-corrected chi connectivity index (χ0v) is 10.5. The highest BCUT2D eigenvalue weighted by Gasteiger charge is 2.21. The number of halogens is 1. The van der Waals surface area contributed by atoms with Gasteiger partial charge in [-0.3, -0.25) is 15.1 Å². The molecule has 0 fully saturated rings. The van der Waals surface area contributed by atoms with Crippen LogP contribution in [0.4, 0.5) is 4.39 Å². The minimum atomic E-state index is -0.438. The first-order valence-electron chi connectivity index (χ1n) is 5.82. The van der Waals surface area contributed by atoms with E-state index in [-0.39, 0.29) is 12.3 Å². The lowest BCUT2D eigenvalue weighted by molar-refractivity contribution is -0.464. The van der Waals surface area contributed by atoms with Crippen LogP contribution in [-0.4, -0.2) is 42.4 Å². The Morgan fingerprint density at radius 2 is 2.37 bits per heavy atom. The van der Waals surface area contributed by atoms with Gasteiger partial charge in [0.15, 0.2) is 17.4 Å². The Balaban J connectivity index is 2.07. The second-order valence-corrected chi connectivity index (χ2v) is 4.18. The lowest BCUT2D eigenvalue weighted by Gasteiger charge is -2.18. The van der Waals surface area contributed by atoms with Gasteiger partial charge in [0.25, 0.3) is 6.54 Å². The monoisotopic (exact) mass is 267 g/mol. The summed E-state index contributed by atoms with van der Waals surface area (Å²) in [7, 11) is 1.40. The molecule has 0 saturated heterocycles. The number of rotatable bonds is 5. The molecule has 0 bridgehead atoms. The van der Waals surface area contributed by atoms with E-state index in [9.17, 15) is 14.5 Å². The number of amidine groups is 1. The van der Waals surface area contributed by atoms with Crippen LogP contribution in [0.25, 0.3) is 0 Å². The molecule has 2 rings (SSSR count). The van der Waals surface area contributed by atoms with Crippen LogP contribution in [0.3, 0.4) is 0 Å². The summed E-state index contributed by atoms with van der Waals surface area (Å²) in [5, 5.41) is 10.5. The van der Waals surface area contributed by atoms with Crippen molar-refractivity contribution in [2.45, 2.75) is 6.54 Å². The molecule has 0 radical (unpaired) electrons. The van der Waals surface area contributed by atoms with Crippen molar-refractivity contribution in [1.29, 1.82) is 0 Å². The average Bonchev–Trinajstić information content (AvgIpc) is 2.76. The Bertz CT molecular complexity index is 519. The molecule has 1 aromatic carbocycles. The molecule has 1 aliphatic rings. The normalized spacial score (nSPS) is 14.4. The van der Waals surface area contributed by atoms with Crippen LogP contribution in [-0.2, 0) is 6.54 Å². The van der Waals surface area contributed by atoms with E-state index in [0.29, 0.717) is 25.5 Å². The average molecular weight is 267 g/mol. The highest BCUT2D eigenvalue weighted by atomic mass is 19.1. The lowest BCUT2D eigenvalue weighted by Crippen LogP contribution is -2.32. The fraction of sp³-hybridized carbons (Fsp3) is 0.417. The third kappa shape index (κ3) is 3.18. The van der Waals surface area contributed by atoms with Crippen molar-refractivity contribution in [3.8, 4) is 5.75 Å². The van der Waals surface area contributed by atoms with Crippen molar-refractivity contribution < 1.29 is 14.1 Å². The van der Waals surface area contributed by atoms with Crippen molar-refractivity contribution in [2.24, 2.45) is 4.99 Å². The van der Waals surface area contributed by atoms with Crippen LogP contribution in [0.2, 0.25) is 0 Å². The Morgan fingerprint density at radius 1 is 1.58 bits per heavy atom. The summed E-state index contributed by atoms with van der Waals surface area (Å²) in [6.45, 7) is 1.28. The summed E-state index contributed by atoms with van der Waals surface area (Å²) in [6.07, 6.45) is 0. The highest BCUT2D eigenvalue weighted by Crippen LogP contribution is 2.19. The molecule has 102 valence electrons. The summed E-state index contributed by atoms with van der Waals surface area (Å²) >= 11 is 0. The molecule has 1 aromatic rings. The number of hydrogen-bond donors (Lipinski definition) is 0. The molecule has 0 saturated carbocycles. The van der Waals surface area contributed by atoms with Crippen LogP contribution in [0.15, 0.2) is 23.2 Å². The molecule has 0 aliphatic carbocycles. The number of ether oxygens (including phenoxy) is 1. The molecule has 1 heterocycles. The first-order valence-corrected chi connectivity index (χ1v) is 5.82.